The molecule has 0 aliphatic heterocycles. The summed E-state index contributed by atoms with van der Waals surface area (Å²) in [7, 11) is 0. The molecule has 1 aromatic carbocycles. The summed E-state index contributed by atoms with van der Waals surface area (Å²) in [6.07, 6.45) is 5.09. The van der Waals surface area contributed by atoms with Gasteiger partial charge in [-0.15, -0.1) is 0 Å². The Hall–Kier alpha value is -1.02. The second-order valence-electron chi connectivity index (χ2n) is 5.34. The van der Waals surface area contributed by atoms with Crippen molar-refractivity contribution in [2.45, 2.75) is 43.8 Å². The second kappa shape index (κ2) is 4.93. The molecule has 1 heterocycles. The highest BCUT2D eigenvalue weighted by Gasteiger charge is 2.25. The maximum Gasteiger partial charge on any atom is 0.0708 e. The largest absolute Gasteiger partial charge is 0.252 e. The van der Waals surface area contributed by atoms with E-state index in [9.17, 15) is 0 Å². The minimum absolute atomic E-state index is 0.479. The fourth-order valence-corrected chi connectivity index (χ4v) is 3.51. The monoisotopic (exact) mass is 257 g/mol. The van der Waals surface area contributed by atoms with Gasteiger partial charge in [0.25, 0.3) is 0 Å². The standard InChI is InChI=1S/C16H19NS/c1-11-10-15(13-7-3-5-9-16(13)18)17-14-8-4-2-6-12(11)14/h2,4,6,8,10,13,16,18H,3,5,7,9H2,1H3. The lowest BCUT2D eigenvalue weighted by Gasteiger charge is -2.28. The van der Waals surface area contributed by atoms with Crippen molar-refractivity contribution in [3.8, 4) is 0 Å². The Morgan fingerprint density at radius 3 is 2.78 bits per heavy atom. The van der Waals surface area contributed by atoms with Gasteiger partial charge in [0.1, 0.15) is 0 Å². The van der Waals surface area contributed by atoms with Crippen LogP contribution >= 0.6 is 12.6 Å². The van der Waals surface area contributed by atoms with Crippen LogP contribution in [0, 0.1) is 6.92 Å². The Labute approximate surface area is 114 Å². The molecule has 1 aromatic heterocycles. The third kappa shape index (κ3) is 2.14. The van der Waals surface area contributed by atoms with E-state index in [4.69, 9.17) is 17.6 Å². The Morgan fingerprint density at radius 1 is 1.17 bits per heavy atom. The lowest BCUT2D eigenvalue weighted by atomic mass is 9.85. The average Bonchev–Trinajstić information content (AvgIpc) is 2.39. The van der Waals surface area contributed by atoms with E-state index in [1.54, 1.807) is 0 Å². The number of nitrogens with zero attached hydrogens (tertiary/aromatic N) is 1. The zero-order valence-corrected chi connectivity index (χ0v) is 11.7. The van der Waals surface area contributed by atoms with E-state index in [-0.39, 0.29) is 0 Å². The third-order valence-electron chi connectivity index (χ3n) is 4.05. The Balaban J connectivity index is 2.06. The number of thiol groups is 1. The van der Waals surface area contributed by atoms with Gasteiger partial charge in [0.05, 0.1) is 5.52 Å². The van der Waals surface area contributed by atoms with Gasteiger partial charge in [0.2, 0.25) is 0 Å². The second-order valence-corrected chi connectivity index (χ2v) is 6.00. The van der Waals surface area contributed by atoms with Gasteiger partial charge in [0, 0.05) is 22.2 Å². The Morgan fingerprint density at radius 2 is 1.94 bits per heavy atom. The zero-order valence-electron chi connectivity index (χ0n) is 10.8. The van der Waals surface area contributed by atoms with Gasteiger partial charge in [-0.3, -0.25) is 4.98 Å². The minimum atomic E-state index is 0.479. The van der Waals surface area contributed by atoms with Crippen LogP contribution < -0.4 is 0 Å². The minimum Gasteiger partial charge on any atom is -0.252 e. The number of aryl methyl sites for hydroxylation is 1. The normalized spacial score (nSPS) is 24.3. The number of fused-ring (bicyclic) bond motifs is 1. The Kier molecular flexibility index (Phi) is 3.29. The molecule has 2 atom stereocenters. The molecule has 94 valence electrons. The maximum atomic E-state index is 4.86. The van der Waals surface area contributed by atoms with E-state index in [1.807, 2.05) is 0 Å². The van der Waals surface area contributed by atoms with Crippen LogP contribution in [0.25, 0.3) is 10.9 Å². The summed E-state index contributed by atoms with van der Waals surface area (Å²) in [5, 5.41) is 1.75. The number of pyridine rings is 1. The molecule has 2 aromatic rings. The van der Waals surface area contributed by atoms with Crippen LogP contribution in [-0.2, 0) is 0 Å². The molecule has 0 N–H and O–H groups in total. The lowest BCUT2D eigenvalue weighted by Crippen LogP contribution is -2.19. The van der Waals surface area contributed by atoms with E-state index in [2.05, 4.69) is 37.3 Å². The summed E-state index contributed by atoms with van der Waals surface area (Å²) in [5.41, 5.74) is 3.70. The summed E-state index contributed by atoms with van der Waals surface area (Å²) in [4.78, 5) is 4.86. The van der Waals surface area contributed by atoms with E-state index in [1.165, 1.54) is 42.3 Å². The van der Waals surface area contributed by atoms with Crippen LogP contribution in [0.2, 0.25) is 0 Å². The fourth-order valence-electron chi connectivity index (χ4n) is 3.02. The van der Waals surface area contributed by atoms with Gasteiger partial charge in [-0.2, -0.15) is 12.6 Å². The molecule has 2 heteroatoms. The van der Waals surface area contributed by atoms with Crippen LogP contribution in [0.3, 0.4) is 0 Å². The summed E-state index contributed by atoms with van der Waals surface area (Å²) in [6.45, 7) is 2.18. The maximum absolute atomic E-state index is 4.86. The molecule has 1 aliphatic rings. The number of para-hydroxylation sites is 1. The predicted molar refractivity (Wildman–Crippen MR) is 80.5 cm³/mol. The molecule has 0 spiro atoms. The number of hydrogen-bond donors (Lipinski definition) is 1. The van der Waals surface area contributed by atoms with Crippen LogP contribution in [-0.4, -0.2) is 10.2 Å². The lowest BCUT2D eigenvalue weighted by molar-refractivity contribution is 0.451. The molecule has 0 saturated heterocycles. The van der Waals surface area contributed by atoms with Crippen molar-refractivity contribution in [2.24, 2.45) is 0 Å². The van der Waals surface area contributed by atoms with Gasteiger partial charge >= 0.3 is 0 Å². The van der Waals surface area contributed by atoms with Gasteiger partial charge in [-0.05, 0) is 37.5 Å². The molecular weight excluding hydrogens is 238 g/mol. The van der Waals surface area contributed by atoms with Crippen LogP contribution in [0.4, 0.5) is 0 Å². The number of aromatic nitrogens is 1. The van der Waals surface area contributed by atoms with Crippen molar-refractivity contribution in [3.63, 3.8) is 0 Å². The first-order valence-corrected chi connectivity index (χ1v) is 7.32. The van der Waals surface area contributed by atoms with Crippen molar-refractivity contribution in [1.82, 2.24) is 4.98 Å². The van der Waals surface area contributed by atoms with Gasteiger partial charge in [-0.25, -0.2) is 0 Å². The van der Waals surface area contributed by atoms with E-state index in [0.717, 1.165) is 5.52 Å². The van der Waals surface area contributed by atoms with Crippen molar-refractivity contribution >= 4 is 23.5 Å². The molecule has 0 bridgehead atoms. The molecule has 0 radical (unpaired) electrons. The molecule has 18 heavy (non-hydrogen) atoms. The fraction of sp³-hybridized carbons (Fsp3) is 0.438. The SMILES string of the molecule is Cc1cc(C2CCCCC2S)nc2ccccc12. The first kappa shape index (κ1) is 12.0. The molecule has 1 fully saturated rings. The van der Waals surface area contributed by atoms with Crippen molar-refractivity contribution in [3.05, 3.63) is 41.6 Å². The average molecular weight is 257 g/mol. The van der Waals surface area contributed by atoms with Gasteiger partial charge in [-0.1, -0.05) is 31.0 Å². The summed E-state index contributed by atoms with van der Waals surface area (Å²) in [6, 6.07) is 10.7. The summed E-state index contributed by atoms with van der Waals surface area (Å²) in [5.74, 6) is 0.533. The zero-order chi connectivity index (χ0) is 12.5. The number of hydrogen-bond acceptors (Lipinski definition) is 2. The number of rotatable bonds is 1. The molecule has 0 amide bonds. The van der Waals surface area contributed by atoms with Crippen LogP contribution in [0.5, 0.6) is 0 Å². The topological polar surface area (TPSA) is 12.9 Å². The smallest absolute Gasteiger partial charge is 0.0708 e. The quantitative estimate of drug-likeness (QED) is 0.742. The number of benzene rings is 1. The van der Waals surface area contributed by atoms with Gasteiger partial charge in [0.15, 0.2) is 0 Å². The molecule has 1 saturated carbocycles. The predicted octanol–water partition coefficient (Wildman–Crippen LogP) is 4.50. The van der Waals surface area contributed by atoms with Crippen molar-refractivity contribution < 1.29 is 0 Å². The van der Waals surface area contributed by atoms with Crippen LogP contribution in [0.15, 0.2) is 30.3 Å². The van der Waals surface area contributed by atoms with Crippen molar-refractivity contribution in [2.75, 3.05) is 0 Å². The third-order valence-corrected chi connectivity index (χ3v) is 4.67. The summed E-state index contributed by atoms with van der Waals surface area (Å²) >= 11 is 4.76. The molecule has 2 unspecified atom stereocenters. The Bertz CT molecular complexity index is 564. The molecule has 3 rings (SSSR count). The van der Waals surface area contributed by atoms with Gasteiger partial charge < -0.3 is 0 Å². The molecule has 1 nitrogen and oxygen atoms in total. The van der Waals surface area contributed by atoms with E-state index in [0.29, 0.717) is 11.2 Å². The first-order chi connectivity index (χ1) is 8.75. The molecule has 1 aliphatic carbocycles. The van der Waals surface area contributed by atoms with E-state index < -0.39 is 0 Å². The van der Waals surface area contributed by atoms with Crippen LogP contribution in [0.1, 0.15) is 42.9 Å². The highest BCUT2D eigenvalue weighted by molar-refractivity contribution is 7.81. The van der Waals surface area contributed by atoms with Crippen molar-refractivity contribution in [1.29, 1.82) is 0 Å². The first-order valence-electron chi connectivity index (χ1n) is 6.80. The summed E-state index contributed by atoms with van der Waals surface area (Å²) < 4.78 is 0. The molecular formula is C16H19NS. The highest BCUT2D eigenvalue weighted by atomic mass is 32.1. The van der Waals surface area contributed by atoms with E-state index >= 15 is 0 Å². The highest BCUT2D eigenvalue weighted by Crippen LogP contribution is 2.36.